The van der Waals surface area contributed by atoms with Gasteiger partial charge in [-0.2, -0.15) is 0 Å². The molecular formula is C18H16F2N4O2. The van der Waals surface area contributed by atoms with Crippen molar-refractivity contribution in [2.24, 2.45) is 0 Å². The summed E-state index contributed by atoms with van der Waals surface area (Å²) in [5.74, 6) is -3.21. The van der Waals surface area contributed by atoms with Gasteiger partial charge in [0.25, 0.3) is 11.8 Å². The minimum Gasteiger partial charge on any atom is -0.351 e. The van der Waals surface area contributed by atoms with Gasteiger partial charge in [0.15, 0.2) is 5.69 Å². The average molecular weight is 358 g/mol. The second kappa shape index (κ2) is 7.30. The minimum absolute atomic E-state index is 0.0678. The summed E-state index contributed by atoms with van der Waals surface area (Å²) in [7, 11) is 0. The lowest BCUT2D eigenvalue weighted by atomic mass is 10.3. The second-order valence-corrected chi connectivity index (χ2v) is 5.55. The van der Waals surface area contributed by atoms with E-state index in [4.69, 9.17) is 0 Å². The zero-order chi connectivity index (χ0) is 18.7. The van der Waals surface area contributed by atoms with Crippen LogP contribution in [0.15, 0.2) is 42.6 Å². The molecule has 8 heteroatoms. The van der Waals surface area contributed by atoms with Gasteiger partial charge in [-0.15, -0.1) is 0 Å². The van der Waals surface area contributed by atoms with Gasteiger partial charge in [0.2, 0.25) is 5.82 Å². The first-order chi connectivity index (χ1) is 12.5. The van der Waals surface area contributed by atoms with Gasteiger partial charge in [-0.25, -0.2) is 13.8 Å². The summed E-state index contributed by atoms with van der Waals surface area (Å²) in [6, 6.07) is 8.25. The van der Waals surface area contributed by atoms with Crippen molar-refractivity contribution in [2.75, 3.05) is 11.9 Å². The van der Waals surface area contributed by atoms with Crippen LogP contribution in [0.1, 0.15) is 34.5 Å². The van der Waals surface area contributed by atoms with E-state index in [0.717, 1.165) is 18.6 Å². The smallest absolute Gasteiger partial charge is 0.292 e. The highest BCUT2D eigenvalue weighted by Gasteiger charge is 2.22. The Bertz CT molecular complexity index is 964. The normalized spacial score (nSPS) is 10.7. The molecule has 2 heterocycles. The Hall–Kier alpha value is -3.29. The Kier molecular flexibility index (Phi) is 4.92. The van der Waals surface area contributed by atoms with Crippen LogP contribution in [0, 0.1) is 11.6 Å². The maximum Gasteiger partial charge on any atom is 0.292 e. The molecule has 2 amide bonds. The van der Waals surface area contributed by atoms with E-state index in [-0.39, 0.29) is 11.5 Å². The molecular weight excluding hydrogens is 342 g/mol. The molecule has 1 aromatic carbocycles. The molecule has 2 aromatic heterocycles. The lowest BCUT2D eigenvalue weighted by molar-refractivity contribution is 0.0951. The van der Waals surface area contributed by atoms with E-state index in [0.29, 0.717) is 12.1 Å². The van der Waals surface area contributed by atoms with E-state index in [9.17, 15) is 18.4 Å². The van der Waals surface area contributed by atoms with Crippen molar-refractivity contribution in [3.8, 4) is 0 Å². The highest BCUT2D eigenvalue weighted by Crippen LogP contribution is 2.20. The number of para-hydroxylation sites is 1. The number of nitrogens with one attached hydrogen (secondary N) is 2. The van der Waals surface area contributed by atoms with Crippen LogP contribution in [0.5, 0.6) is 0 Å². The van der Waals surface area contributed by atoms with E-state index in [1.165, 1.54) is 10.5 Å². The molecule has 3 rings (SSSR count). The van der Waals surface area contributed by atoms with Crippen molar-refractivity contribution >= 4 is 23.0 Å². The van der Waals surface area contributed by atoms with E-state index in [1.54, 1.807) is 24.4 Å². The Morgan fingerprint density at radius 3 is 2.50 bits per heavy atom. The number of pyridine rings is 1. The van der Waals surface area contributed by atoms with Gasteiger partial charge < -0.3 is 10.6 Å². The number of aromatic nitrogens is 2. The summed E-state index contributed by atoms with van der Waals surface area (Å²) < 4.78 is 28.9. The van der Waals surface area contributed by atoms with Crippen LogP contribution >= 0.6 is 0 Å². The fraction of sp³-hybridized carbons (Fsp3) is 0.167. The molecule has 0 atom stereocenters. The highest BCUT2D eigenvalue weighted by molar-refractivity contribution is 6.06. The lowest BCUT2D eigenvalue weighted by Crippen LogP contribution is -2.24. The number of carbonyl (C=O) groups excluding carboxylic acids is 2. The zero-order valence-electron chi connectivity index (χ0n) is 13.9. The fourth-order valence-corrected chi connectivity index (χ4v) is 2.47. The predicted molar refractivity (Wildman–Crippen MR) is 92.1 cm³/mol. The first-order valence-electron chi connectivity index (χ1n) is 8.03. The van der Waals surface area contributed by atoms with Gasteiger partial charge in [0, 0.05) is 12.7 Å². The third kappa shape index (κ3) is 3.26. The number of hydrogen-bond acceptors (Lipinski definition) is 3. The first kappa shape index (κ1) is 17.5. The maximum absolute atomic E-state index is 13.8. The molecule has 0 unspecified atom stereocenters. The Morgan fingerprint density at radius 2 is 1.81 bits per heavy atom. The van der Waals surface area contributed by atoms with Crippen LogP contribution in [0.3, 0.4) is 0 Å². The summed E-state index contributed by atoms with van der Waals surface area (Å²) in [5.41, 5.74) is -0.0828. The molecule has 0 radical (unpaired) electrons. The predicted octanol–water partition coefficient (Wildman–Crippen LogP) is 3.00. The van der Waals surface area contributed by atoms with Crippen molar-refractivity contribution in [1.29, 1.82) is 0 Å². The number of anilines is 1. The van der Waals surface area contributed by atoms with Crippen LogP contribution < -0.4 is 10.6 Å². The van der Waals surface area contributed by atoms with Crippen molar-refractivity contribution in [3.63, 3.8) is 0 Å². The number of nitrogens with zero attached hydrogens (tertiary/aromatic N) is 2. The van der Waals surface area contributed by atoms with Crippen LogP contribution in [0.4, 0.5) is 14.5 Å². The number of fused-ring (bicyclic) bond motifs is 1. The van der Waals surface area contributed by atoms with Crippen molar-refractivity contribution in [1.82, 2.24) is 14.7 Å². The van der Waals surface area contributed by atoms with Crippen LogP contribution in [-0.2, 0) is 0 Å². The quantitative estimate of drug-likeness (QED) is 0.736. The van der Waals surface area contributed by atoms with E-state index >= 15 is 0 Å². The molecule has 0 saturated carbocycles. The van der Waals surface area contributed by atoms with Gasteiger partial charge in [-0.3, -0.25) is 14.0 Å². The van der Waals surface area contributed by atoms with Crippen molar-refractivity contribution < 1.29 is 18.4 Å². The molecule has 0 aliphatic heterocycles. The minimum atomic E-state index is -0.903. The highest BCUT2D eigenvalue weighted by atomic mass is 19.1. The number of halogens is 2. The summed E-state index contributed by atoms with van der Waals surface area (Å²) >= 11 is 0. The van der Waals surface area contributed by atoms with Crippen molar-refractivity contribution in [3.05, 3.63) is 65.7 Å². The number of imidazole rings is 1. The van der Waals surface area contributed by atoms with Gasteiger partial charge in [-0.1, -0.05) is 19.1 Å². The molecule has 26 heavy (non-hydrogen) atoms. The van der Waals surface area contributed by atoms with E-state index in [2.05, 4.69) is 15.6 Å². The number of amides is 2. The molecule has 3 aromatic rings. The van der Waals surface area contributed by atoms with Gasteiger partial charge in [0.05, 0.1) is 5.52 Å². The molecule has 134 valence electrons. The van der Waals surface area contributed by atoms with E-state index in [1.807, 2.05) is 6.92 Å². The summed E-state index contributed by atoms with van der Waals surface area (Å²) in [4.78, 5) is 28.9. The molecule has 0 fully saturated rings. The number of benzene rings is 1. The zero-order valence-corrected chi connectivity index (χ0v) is 13.9. The Labute approximate surface area is 147 Å². The molecule has 0 spiro atoms. The molecule has 6 nitrogen and oxygen atoms in total. The topological polar surface area (TPSA) is 75.5 Å². The largest absolute Gasteiger partial charge is 0.351 e. The number of rotatable bonds is 5. The maximum atomic E-state index is 13.8. The van der Waals surface area contributed by atoms with E-state index < -0.39 is 29.1 Å². The van der Waals surface area contributed by atoms with Crippen LogP contribution in [-0.4, -0.2) is 27.7 Å². The summed E-state index contributed by atoms with van der Waals surface area (Å²) in [5, 5.41) is 4.87. The van der Waals surface area contributed by atoms with Gasteiger partial charge in [-0.05, 0) is 30.7 Å². The third-order valence-corrected chi connectivity index (χ3v) is 3.70. The molecule has 0 aliphatic rings. The van der Waals surface area contributed by atoms with Crippen molar-refractivity contribution in [2.45, 2.75) is 13.3 Å². The van der Waals surface area contributed by atoms with Gasteiger partial charge in [0.1, 0.15) is 17.3 Å². The Morgan fingerprint density at radius 1 is 1.08 bits per heavy atom. The molecule has 0 bridgehead atoms. The summed E-state index contributed by atoms with van der Waals surface area (Å²) in [6.45, 7) is 2.38. The lowest BCUT2D eigenvalue weighted by Gasteiger charge is -2.06. The standard InChI is InChI=1S/C18H16F2N4O2/c1-2-9-21-17(25)15-13-8-3-4-10-24(13)16(22-15)18(26)23-14-11(19)6-5-7-12(14)20/h3-8,10H,2,9H2,1H3,(H,21,25)(H,23,26). The van der Waals surface area contributed by atoms with Crippen LogP contribution in [0.2, 0.25) is 0 Å². The first-order valence-corrected chi connectivity index (χ1v) is 8.03. The number of hydrogen-bond donors (Lipinski definition) is 2. The van der Waals surface area contributed by atoms with Crippen LogP contribution in [0.25, 0.3) is 5.52 Å². The second-order valence-electron chi connectivity index (χ2n) is 5.55. The fourth-order valence-electron chi connectivity index (χ4n) is 2.47. The monoisotopic (exact) mass is 358 g/mol. The number of carbonyl (C=O) groups is 2. The average Bonchev–Trinajstić information content (AvgIpc) is 3.02. The molecule has 0 saturated heterocycles. The third-order valence-electron chi connectivity index (χ3n) is 3.70. The molecule has 0 aliphatic carbocycles. The Balaban J connectivity index is 2.00. The van der Waals surface area contributed by atoms with Gasteiger partial charge >= 0.3 is 0 Å². The SMILES string of the molecule is CCCNC(=O)c1nc(C(=O)Nc2c(F)cccc2F)n2ccccc12. The molecule has 2 N–H and O–H groups in total. The summed E-state index contributed by atoms with van der Waals surface area (Å²) in [6.07, 6.45) is 2.29.